The molecule has 0 fully saturated rings. The van der Waals surface area contributed by atoms with Gasteiger partial charge in [-0.1, -0.05) is 33.6 Å². The van der Waals surface area contributed by atoms with Crippen LogP contribution in [0.15, 0.2) is 12.3 Å². The maximum absolute atomic E-state index is 5.76. The van der Waals surface area contributed by atoms with E-state index >= 15 is 0 Å². The van der Waals surface area contributed by atoms with Gasteiger partial charge in [0.15, 0.2) is 0 Å². The maximum Gasteiger partial charge on any atom is 0.131 e. The molecule has 0 spiro atoms. The maximum atomic E-state index is 5.76. The average molecular weight is 235 g/mol. The third-order valence-electron chi connectivity index (χ3n) is 1.49. The molecule has 0 aliphatic carbocycles. The average Bonchev–Trinajstić information content (AvgIpc) is 1.94. The van der Waals surface area contributed by atoms with E-state index < -0.39 is 0 Å². The molecule has 1 heterocycles. The van der Waals surface area contributed by atoms with Crippen molar-refractivity contribution >= 4 is 27.5 Å². The van der Waals surface area contributed by atoms with Crippen LogP contribution in [-0.2, 0) is 0 Å². The number of aryl methyl sites for hydroxylation is 1. The fraction of sp³-hybridized carbons (Fsp3) is 0.375. The van der Waals surface area contributed by atoms with Crippen molar-refractivity contribution in [3.63, 3.8) is 0 Å². The van der Waals surface area contributed by atoms with Crippen molar-refractivity contribution in [1.29, 1.82) is 0 Å². The van der Waals surface area contributed by atoms with Crippen LogP contribution in [0.4, 0.5) is 0 Å². The van der Waals surface area contributed by atoms with E-state index in [2.05, 4.69) is 27.8 Å². The second kappa shape index (κ2) is 3.55. The zero-order valence-corrected chi connectivity index (χ0v) is 8.78. The van der Waals surface area contributed by atoms with Gasteiger partial charge in [-0.15, -0.1) is 0 Å². The molecule has 0 aliphatic rings. The van der Waals surface area contributed by atoms with E-state index in [0.29, 0.717) is 9.98 Å². The minimum Gasteiger partial charge on any atom is -0.244 e. The predicted octanol–water partition coefficient (Wildman–Crippen LogP) is 3.50. The van der Waals surface area contributed by atoms with Crippen LogP contribution in [0.1, 0.15) is 22.9 Å². The highest BCUT2D eigenvalue weighted by Gasteiger charge is 2.02. The Bertz CT molecular complexity index is 260. The molecule has 0 radical (unpaired) electrons. The normalized spacial score (nSPS) is 13.1. The van der Waals surface area contributed by atoms with E-state index in [9.17, 15) is 0 Å². The molecule has 1 unspecified atom stereocenters. The second-order valence-electron chi connectivity index (χ2n) is 2.49. The zero-order valence-electron chi connectivity index (χ0n) is 6.44. The van der Waals surface area contributed by atoms with Gasteiger partial charge in [0, 0.05) is 11.0 Å². The van der Waals surface area contributed by atoms with Crippen molar-refractivity contribution in [2.75, 3.05) is 0 Å². The van der Waals surface area contributed by atoms with Gasteiger partial charge in [-0.3, -0.25) is 0 Å². The number of aromatic nitrogens is 1. The summed E-state index contributed by atoms with van der Waals surface area (Å²) in [7, 11) is 0. The Morgan fingerprint density at radius 1 is 1.64 bits per heavy atom. The van der Waals surface area contributed by atoms with Gasteiger partial charge in [-0.2, -0.15) is 0 Å². The molecular formula is C8H9BrClN. The Hall–Kier alpha value is -0.0800. The summed E-state index contributed by atoms with van der Waals surface area (Å²) in [5.74, 6) is 0. The van der Waals surface area contributed by atoms with Crippen molar-refractivity contribution in [2.45, 2.75) is 18.7 Å². The van der Waals surface area contributed by atoms with Gasteiger partial charge < -0.3 is 0 Å². The minimum atomic E-state index is 0.339. The molecule has 3 heteroatoms. The topological polar surface area (TPSA) is 12.9 Å². The largest absolute Gasteiger partial charge is 0.244 e. The molecule has 1 aromatic rings. The fourth-order valence-corrected chi connectivity index (χ4v) is 1.15. The van der Waals surface area contributed by atoms with Crippen LogP contribution in [0.2, 0.25) is 5.15 Å². The molecule has 1 aromatic heterocycles. The number of halogens is 2. The van der Waals surface area contributed by atoms with Gasteiger partial charge in [0.05, 0.1) is 0 Å². The lowest BCUT2D eigenvalue weighted by Crippen LogP contribution is -1.88. The van der Waals surface area contributed by atoms with Gasteiger partial charge in [0.2, 0.25) is 0 Å². The van der Waals surface area contributed by atoms with Crippen LogP contribution >= 0.6 is 27.5 Å². The monoisotopic (exact) mass is 233 g/mol. The lowest BCUT2D eigenvalue weighted by atomic mass is 10.2. The standard InChI is InChI=1S/C8H9BrClN/c1-5-3-7(6(2)9)4-11-8(5)10/h3-4,6H,1-2H3. The van der Waals surface area contributed by atoms with Crippen LogP contribution in [0.5, 0.6) is 0 Å². The van der Waals surface area contributed by atoms with Crippen molar-refractivity contribution in [3.05, 3.63) is 28.5 Å². The predicted molar refractivity (Wildman–Crippen MR) is 51.3 cm³/mol. The summed E-state index contributed by atoms with van der Waals surface area (Å²) in [6.07, 6.45) is 1.79. The number of hydrogen-bond acceptors (Lipinski definition) is 1. The first-order chi connectivity index (χ1) is 5.11. The summed E-state index contributed by atoms with van der Waals surface area (Å²) >= 11 is 9.22. The van der Waals surface area contributed by atoms with Crippen LogP contribution in [0, 0.1) is 6.92 Å². The first-order valence-corrected chi connectivity index (χ1v) is 4.66. The summed E-state index contributed by atoms with van der Waals surface area (Å²) in [5.41, 5.74) is 2.18. The van der Waals surface area contributed by atoms with Crippen molar-refractivity contribution < 1.29 is 0 Å². The second-order valence-corrected chi connectivity index (χ2v) is 4.22. The number of pyridine rings is 1. The molecular weight excluding hydrogens is 225 g/mol. The molecule has 0 bridgehead atoms. The molecule has 1 nitrogen and oxygen atoms in total. The van der Waals surface area contributed by atoms with Gasteiger partial charge in [0.25, 0.3) is 0 Å². The SMILES string of the molecule is Cc1cc(C(C)Br)cnc1Cl. The van der Waals surface area contributed by atoms with Crippen molar-refractivity contribution in [2.24, 2.45) is 0 Å². The van der Waals surface area contributed by atoms with Gasteiger partial charge in [-0.05, 0) is 25.0 Å². The number of hydrogen-bond donors (Lipinski definition) is 0. The molecule has 0 saturated heterocycles. The Labute approximate surface area is 79.9 Å². The van der Waals surface area contributed by atoms with Crippen molar-refractivity contribution in [1.82, 2.24) is 4.98 Å². The Morgan fingerprint density at radius 3 is 2.73 bits per heavy atom. The Kier molecular flexibility index (Phi) is 2.90. The molecule has 0 aromatic carbocycles. The van der Waals surface area contributed by atoms with Crippen molar-refractivity contribution in [3.8, 4) is 0 Å². The summed E-state index contributed by atoms with van der Waals surface area (Å²) in [6.45, 7) is 4.01. The zero-order chi connectivity index (χ0) is 8.43. The quantitative estimate of drug-likeness (QED) is 0.535. The molecule has 0 saturated carbocycles. The summed E-state index contributed by atoms with van der Waals surface area (Å²) in [4.78, 5) is 4.37. The fourth-order valence-electron chi connectivity index (χ4n) is 0.797. The first kappa shape index (κ1) is 9.01. The molecule has 60 valence electrons. The molecule has 11 heavy (non-hydrogen) atoms. The van der Waals surface area contributed by atoms with E-state index in [4.69, 9.17) is 11.6 Å². The smallest absolute Gasteiger partial charge is 0.131 e. The highest BCUT2D eigenvalue weighted by Crippen LogP contribution is 2.23. The van der Waals surface area contributed by atoms with Crippen LogP contribution in [0.25, 0.3) is 0 Å². The van der Waals surface area contributed by atoms with Crippen LogP contribution in [-0.4, -0.2) is 4.98 Å². The van der Waals surface area contributed by atoms with E-state index in [1.54, 1.807) is 6.20 Å². The molecule has 0 amide bonds. The first-order valence-electron chi connectivity index (χ1n) is 3.37. The lowest BCUT2D eigenvalue weighted by Gasteiger charge is -2.04. The number of nitrogens with zero attached hydrogens (tertiary/aromatic N) is 1. The molecule has 0 aliphatic heterocycles. The number of rotatable bonds is 1. The highest BCUT2D eigenvalue weighted by atomic mass is 79.9. The van der Waals surface area contributed by atoms with E-state index in [0.717, 1.165) is 11.1 Å². The molecule has 1 rings (SSSR count). The Morgan fingerprint density at radius 2 is 2.27 bits per heavy atom. The minimum absolute atomic E-state index is 0.339. The molecule has 0 N–H and O–H groups in total. The summed E-state index contributed by atoms with van der Waals surface area (Å²) < 4.78 is 0. The summed E-state index contributed by atoms with van der Waals surface area (Å²) in [5, 5.41) is 0.585. The van der Waals surface area contributed by atoms with E-state index in [1.165, 1.54) is 0 Å². The van der Waals surface area contributed by atoms with Gasteiger partial charge in [-0.25, -0.2) is 4.98 Å². The lowest BCUT2D eigenvalue weighted by molar-refractivity contribution is 1.08. The van der Waals surface area contributed by atoms with Gasteiger partial charge >= 0.3 is 0 Å². The third-order valence-corrected chi connectivity index (χ3v) is 2.42. The van der Waals surface area contributed by atoms with Crippen LogP contribution in [0.3, 0.4) is 0 Å². The number of alkyl halides is 1. The van der Waals surface area contributed by atoms with E-state index in [1.807, 2.05) is 13.0 Å². The molecule has 1 atom stereocenters. The Balaban J connectivity index is 3.05. The van der Waals surface area contributed by atoms with E-state index in [-0.39, 0.29) is 0 Å². The van der Waals surface area contributed by atoms with Gasteiger partial charge in [0.1, 0.15) is 5.15 Å². The summed E-state index contributed by atoms with van der Waals surface area (Å²) in [6, 6.07) is 2.04. The van der Waals surface area contributed by atoms with Crippen LogP contribution < -0.4 is 0 Å². The highest BCUT2D eigenvalue weighted by molar-refractivity contribution is 9.09. The third kappa shape index (κ3) is 2.17.